The highest BCUT2D eigenvalue weighted by atomic mass is 16.5. The standard InChI is InChI=1S/C15H21NO3/c1-11(13-7-5-4-6-8-13)9-14(17)16-12(2)10-15(18)19-3/h4-8,11-12H,9-10H2,1-3H3,(H,16,17). The lowest BCUT2D eigenvalue weighted by atomic mass is 9.97. The molecule has 1 rings (SSSR count). The van der Waals surface area contributed by atoms with Crippen molar-refractivity contribution in [1.29, 1.82) is 0 Å². The molecule has 0 saturated carbocycles. The Morgan fingerprint density at radius 1 is 1.16 bits per heavy atom. The molecule has 0 heterocycles. The lowest BCUT2D eigenvalue weighted by molar-refractivity contribution is -0.141. The van der Waals surface area contributed by atoms with E-state index in [2.05, 4.69) is 10.1 Å². The Bertz CT molecular complexity index is 417. The number of esters is 1. The third kappa shape index (κ3) is 5.55. The SMILES string of the molecule is COC(=O)CC(C)NC(=O)CC(C)c1ccccc1. The van der Waals surface area contributed by atoms with Crippen molar-refractivity contribution < 1.29 is 14.3 Å². The number of carbonyl (C=O) groups excluding carboxylic acids is 2. The van der Waals surface area contributed by atoms with E-state index in [0.717, 1.165) is 5.56 Å². The minimum absolute atomic E-state index is 0.0484. The van der Waals surface area contributed by atoms with Gasteiger partial charge in [0.2, 0.25) is 5.91 Å². The van der Waals surface area contributed by atoms with Crippen molar-refractivity contribution in [3.8, 4) is 0 Å². The zero-order valence-corrected chi connectivity index (χ0v) is 11.7. The maximum absolute atomic E-state index is 11.8. The van der Waals surface area contributed by atoms with Crippen molar-refractivity contribution in [2.75, 3.05) is 7.11 Å². The molecule has 4 nitrogen and oxygen atoms in total. The molecule has 2 atom stereocenters. The van der Waals surface area contributed by atoms with Gasteiger partial charge in [0.15, 0.2) is 0 Å². The number of benzene rings is 1. The van der Waals surface area contributed by atoms with Crippen LogP contribution in [0.1, 0.15) is 38.2 Å². The number of methoxy groups -OCH3 is 1. The van der Waals surface area contributed by atoms with Crippen LogP contribution in [0.4, 0.5) is 0 Å². The molecule has 0 aromatic heterocycles. The van der Waals surface area contributed by atoms with Crippen LogP contribution in [0.25, 0.3) is 0 Å². The first-order valence-corrected chi connectivity index (χ1v) is 6.44. The van der Waals surface area contributed by atoms with Gasteiger partial charge in [0, 0.05) is 12.5 Å². The van der Waals surface area contributed by atoms with Gasteiger partial charge < -0.3 is 10.1 Å². The summed E-state index contributed by atoms with van der Waals surface area (Å²) in [7, 11) is 1.34. The molecule has 4 heteroatoms. The highest BCUT2D eigenvalue weighted by molar-refractivity contribution is 5.78. The van der Waals surface area contributed by atoms with E-state index >= 15 is 0 Å². The fraction of sp³-hybridized carbons (Fsp3) is 0.467. The molecule has 1 aromatic rings. The van der Waals surface area contributed by atoms with Crippen molar-refractivity contribution in [3.63, 3.8) is 0 Å². The molecule has 0 bridgehead atoms. The van der Waals surface area contributed by atoms with Crippen LogP contribution in [-0.4, -0.2) is 25.0 Å². The first kappa shape index (κ1) is 15.2. The van der Waals surface area contributed by atoms with Gasteiger partial charge in [0.1, 0.15) is 0 Å². The summed E-state index contributed by atoms with van der Waals surface area (Å²) in [5.74, 6) is -0.205. The van der Waals surface area contributed by atoms with Crippen molar-refractivity contribution in [3.05, 3.63) is 35.9 Å². The summed E-state index contributed by atoms with van der Waals surface area (Å²) >= 11 is 0. The molecule has 0 saturated heterocycles. The Morgan fingerprint density at radius 2 is 1.79 bits per heavy atom. The molecule has 0 aliphatic rings. The quantitative estimate of drug-likeness (QED) is 0.801. The Balaban J connectivity index is 2.41. The van der Waals surface area contributed by atoms with E-state index in [9.17, 15) is 9.59 Å². The molecule has 1 amide bonds. The van der Waals surface area contributed by atoms with Crippen LogP contribution in [0.15, 0.2) is 30.3 Å². The number of amides is 1. The van der Waals surface area contributed by atoms with Crippen LogP contribution in [0.3, 0.4) is 0 Å². The molecular formula is C15H21NO3. The second-order valence-electron chi connectivity index (χ2n) is 4.76. The van der Waals surface area contributed by atoms with Gasteiger partial charge >= 0.3 is 5.97 Å². The van der Waals surface area contributed by atoms with Gasteiger partial charge in [-0.3, -0.25) is 9.59 Å². The van der Waals surface area contributed by atoms with E-state index in [1.807, 2.05) is 37.3 Å². The molecule has 0 radical (unpaired) electrons. The Labute approximate surface area is 114 Å². The van der Waals surface area contributed by atoms with E-state index < -0.39 is 0 Å². The van der Waals surface area contributed by atoms with Gasteiger partial charge in [-0.25, -0.2) is 0 Å². The number of hydrogen-bond donors (Lipinski definition) is 1. The molecule has 0 fully saturated rings. The van der Waals surface area contributed by atoms with E-state index in [-0.39, 0.29) is 30.3 Å². The molecule has 2 unspecified atom stereocenters. The summed E-state index contributed by atoms with van der Waals surface area (Å²) in [6.45, 7) is 3.81. The van der Waals surface area contributed by atoms with Crippen LogP contribution in [-0.2, 0) is 14.3 Å². The average molecular weight is 263 g/mol. The lowest BCUT2D eigenvalue weighted by Crippen LogP contribution is -2.35. The van der Waals surface area contributed by atoms with Gasteiger partial charge in [-0.1, -0.05) is 37.3 Å². The predicted molar refractivity (Wildman–Crippen MR) is 73.7 cm³/mol. The molecule has 1 aromatic carbocycles. The first-order valence-electron chi connectivity index (χ1n) is 6.44. The second-order valence-corrected chi connectivity index (χ2v) is 4.76. The van der Waals surface area contributed by atoms with Crippen LogP contribution in [0.5, 0.6) is 0 Å². The van der Waals surface area contributed by atoms with Crippen molar-refractivity contribution in [2.45, 2.75) is 38.6 Å². The minimum Gasteiger partial charge on any atom is -0.469 e. The molecule has 0 aliphatic carbocycles. The Morgan fingerprint density at radius 3 is 2.37 bits per heavy atom. The van der Waals surface area contributed by atoms with E-state index in [1.165, 1.54) is 7.11 Å². The normalized spacial score (nSPS) is 13.4. The number of carbonyl (C=O) groups is 2. The van der Waals surface area contributed by atoms with Crippen molar-refractivity contribution >= 4 is 11.9 Å². The summed E-state index contributed by atoms with van der Waals surface area (Å²) < 4.78 is 4.56. The van der Waals surface area contributed by atoms with Crippen LogP contribution in [0.2, 0.25) is 0 Å². The van der Waals surface area contributed by atoms with Gasteiger partial charge in [0.25, 0.3) is 0 Å². The Hall–Kier alpha value is -1.84. The number of hydrogen-bond acceptors (Lipinski definition) is 3. The molecule has 1 N–H and O–H groups in total. The smallest absolute Gasteiger partial charge is 0.307 e. The first-order chi connectivity index (χ1) is 9.02. The maximum atomic E-state index is 11.8. The number of ether oxygens (including phenoxy) is 1. The zero-order valence-electron chi connectivity index (χ0n) is 11.7. The van der Waals surface area contributed by atoms with Gasteiger partial charge in [-0.15, -0.1) is 0 Å². The summed E-state index contributed by atoms with van der Waals surface area (Å²) in [5.41, 5.74) is 1.14. The van der Waals surface area contributed by atoms with Crippen molar-refractivity contribution in [1.82, 2.24) is 5.32 Å². The fourth-order valence-corrected chi connectivity index (χ4v) is 1.90. The van der Waals surface area contributed by atoms with Crippen LogP contribution in [0, 0.1) is 0 Å². The molecule has 19 heavy (non-hydrogen) atoms. The Kier molecular flexibility index (Phi) is 6.06. The fourth-order valence-electron chi connectivity index (χ4n) is 1.90. The molecule has 104 valence electrons. The van der Waals surface area contributed by atoms with E-state index in [0.29, 0.717) is 6.42 Å². The zero-order chi connectivity index (χ0) is 14.3. The van der Waals surface area contributed by atoms with Gasteiger partial charge in [-0.05, 0) is 18.4 Å². The summed E-state index contributed by atoms with van der Waals surface area (Å²) in [6, 6.07) is 9.69. The number of nitrogens with one attached hydrogen (secondary N) is 1. The molecular weight excluding hydrogens is 242 g/mol. The average Bonchev–Trinajstić information content (AvgIpc) is 2.39. The van der Waals surface area contributed by atoms with Gasteiger partial charge in [-0.2, -0.15) is 0 Å². The van der Waals surface area contributed by atoms with Gasteiger partial charge in [0.05, 0.1) is 13.5 Å². The topological polar surface area (TPSA) is 55.4 Å². The van der Waals surface area contributed by atoms with Crippen LogP contribution >= 0.6 is 0 Å². The summed E-state index contributed by atoms with van der Waals surface area (Å²) in [5, 5.41) is 2.81. The van der Waals surface area contributed by atoms with E-state index in [4.69, 9.17) is 0 Å². The monoisotopic (exact) mass is 263 g/mol. The highest BCUT2D eigenvalue weighted by Crippen LogP contribution is 2.18. The van der Waals surface area contributed by atoms with Crippen molar-refractivity contribution in [2.24, 2.45) is 0 Å². The third-order valence-corrected chi connectivity index (χ3v) is 2.97. The predicted octanol–water partition coefficient (Wildman–Crippen LogP) is 2.25. The lowest BCUT2D eigenvalue weighted by Gasteiger charge is -2.15. The highest BCUT2D eigenvalue weighted by Gasteiger charge is 2.15. The number of rotatable bonds is 6. The third-order valence-electron chi connectivity index (χ3n) is 2.97. The second kappa shape index (κ2) is 7.56. The minimum atomic E-state index is -0.316. The largest absolute Gasteiger partial charge is 0.469 e. The molecule has 0 aliphatic heterocycles. The summed E-state index contributed by atoms with van der Waals surface area (Å²) in [6.07, 6.45) is 0.609. The van der Waals surface area contributed by atoms with E-state index in [1.54, 1.807) is 6.92 Å². The van der Waals surface area contributed by atoms with Crippen LogP contribution < -0.4 is 5.32 Å². The summed E-state index contributed by atoms with van der Waals surface area (Å²) in [4.78, 5) is 22.9. The maximum Gasteiger partial charge on any atom is 0.307 e. The molecule has 0 spiro atoms.